The fourth-order valence-corrected chi connectivity index (χ4v) is 1.92. The first-order valence-electron chi connectivity index (χ1n) is 4.73. The van der Waals surface area contributed by atoms with E-state index in [0.717, 1.165) is 11.8 Å². The molecule has 0 aromatic heterocycles. The minimum Gasteiger partial charge on any atom is -0.494 e. The van der Waals surface area contributed by atoms with Crippen LogP contribution in [0.4, 0.5) is 4.39 Å². The SMILES string of the molecule is CCOC(=O)c1ccc(OC)c(F)c1SC. The molecule has 0 aliphatic rings. The summed E-state index contributed by atoms with van der Waals surface area (Å²) < 4.78 is 23.5. The lowest BCUT2D eigenvalue weighted by Gasteiger charge is -2.10. The van der Waals surface area contributed by atoms with E-state index in [9.17, 15) is 9.18 Å². The first-order valence-corrected chi connectivity index (χ1v) is 5.95. The number of esters is 1. The van der Waals surface area contributed by atoms with Crippen LogP contribution in [0.25, 0.3) is 0 Å². The van der Waals surface area contributed by atoms with Crippen molar-refractivity contribution < 1.29 is 18.7 Å². The largest absolute Gasteiger partial charge is 0.494 e. The van der Waals surface area contributed by atoms with Crippen LogP contribution in [0.5, 0.6) is 5.75 Å². The third-order valence-electron chi connectivity index (χ3n) is 1.98. The van der Waals surface area contributed by atoms with E-state index in [0.29, 0.717) is 0 Å². The number of ether oxygens (including phenoxy) is 2. The number of halogens is 1. The van der Waals surface area contributed by atoms with Gasteiger partial charge in [0.05, 0.1) is 24.2 Å². The van der Waals surface area contributed by atoms with Crippen LogP contribution < -0.4 is 4.74 Å². The maximum absolute atomic E-state index is 13.8. The molecule has 0 heterocycles. The van der Waals surface area contributed by atoms with Crippen LogP contribution in [0.15, 0.2) is 17.0 Å². The van der Waals surface area contributed by atoms with Crippen LogP contribution >= 0.6 is 11.8 Å². The van der Waals surface area contributed by atoms with Gasteiger partial charge in [-0.2, -0.15) is 0 Å². The highest BCUT2D eigenvalue weighted by Crippen LogP contribution is 2.30. The molecule has 0 bridgehead atoms. The highest BCUT2D eigenvalue weighted by molar-refractivity contribution is 7.98. The molecule has 3 nitrogen and oxygen atoms in total. The first kappa shape index (κ1) is 12.8. The standard InChI is InChI=1S/C11H13FO3S/c1-4-15-11(13)7-5-6-8(14-2)9(12)10(7)16-3/h5-6H,4H2,1-3H3. The molecule has 1 rings (SSSR count). The highest BCUT2D eigenvalue weighted by Gasteiger charge is 2.18. The van der Waals surface area contributed by atoms with E-state index >= 15 is 0 Å². The summed E-state index contributed by atoms with van der Waals surface area (Å²) in [6, 6.07) is 2.92. The van der Waals surface area contributed by atoms with Gasteiger partial charge >= 0.3 is 5.97 Å². The van der Waals surface area contributed by atoms with Crippen molar-refractivity contribution in [3.05, 3.63) is 23.5 Å². The van der Waals surface area contributed by atoms with E-state index in [-0.39, 0.29) is 22.8 Å². The Kier molecular flexibility index (Phi) is 4.61. The summed E-state index contributed by atoms with van der Waals surface area (Å²) in [7, 11) is 1.38. The summed E-state index contributed by atoms with van der Waals surface area (Å²) in [6.07, 6.45) is 1.70. The molecule has 0 unspecified atom stereocenters. The van der Waals surface area contributed by atoms with Crippen LogP contribution in [-0.2, 0) is 4.74 Å². The number of benzene rings is 1. The van der Waals surface area contributed by atoms with Crippen molar-refractivity contribution in [3.8, 4) is 5.75 Å². The van der Waals surface area contributed by atoms with E-state index in [1.54, 1.807) is 13.2 Å². The number of methoxy groups -OCH3 is 1. The van der Waals surface area contributed by atoms with Crippen molar-refractivity contribution in [2.45, 2.75) is 11.8 Å². The molecular weight excluding hydrogens is 231 g/mol. The molecule has 5 heteroatoms. The minimum atomic E-state index is -0.527. The van der Waals surface area contributed by atoms with E-state index < -0.39 is 11.8 Å². The van der Waals surface area contributed by atoms with Gasteiger partial charge < -0.3 is 9.47 Å². The fraction of sp³-hybridized carbons (Fsp3) is 0.364. The minimum absolute atomic E-state index is 0.123. The van der Waals surface area contributed by atoms with E-state index in [2.05, 4.69) is 0 Å². The van der Waals surface area contributed by atoms with Crippen LogP contribution in [0, 0.1) is 5.82 Å². The van der Waals surface area contributed by atoms with Gasteiger partial charge in [-0.1, -0.05) is 0 Å². The van der Waals surface area contributed by atoms with Gasteiger partial charge in [-0.25, -0.2) is 9.18 Å². The van der Waals surface area contributed by atoms with E-state index in [1.165, 1.54) is 19.2 Å². The molecule has 16 heavy (non-hydrogen) atoms. The molecular formula is C11H13FO3S. The Bertz CT molecular complexity index is 393. The third-order valence-corrected chi connectivity index (χ3v) is 2.79. The lowest BCUT2D eigenvalue weighted by molar-refractivity contribution is 0.0521. The van der Waals surface area contributed by atoms with Crippen molar-refractivity contribution in [3.63, 3.8) is 0 Å². The molecule has 0 amide bonds. The lowest BCUT2D eigenvalue weighted by Crippen LogP contribution is -2.07. The van der Waals surface area contributed by atoms with E-state index in [1.807, 2.05) is 0 Å². The summed E-state index contributed by atoms with van der Waals surface area (Å²) in [6.45, 7) is 1.97. The average molecular weight is 244 g/mol. The van der Waals surface area contributed by atoms with Crippen LogP contribution in [-0.4, -0.2) is 25.9 Å². The summed E-state index contributed by atoms with van der Waals surface area (Å²) in [5.74, 6) is -0.925. The molecule has 0 aliphatic heterocycles. The van der Waals surface area contributed by atoms with Gasteiger partial charge in [0.15, 0.2) is 11.6 Å². The maximum atomic E-state index is 13.8. The highest BCUT2D eigenvalue weighted by atomic mass is 32.2. The van der Waals surface area contributed by atoms with Crippen molar-refractivity contribution >= 4 is 17.7 Å². The Morgan fingerprint density at radius 1 is 1.50 bits per heavy atom. The molecule has 0 saturated heterocycles. The zero-order valence-electron chi connectivity index (χ0n) is 9.37. The second-order valence-electron chi connectivity index (χ2n) is 2.88. The summed E-state index contributed by atoms with van der Waals surface area (Å²) in [4.78, 5) is 11.8. The molecule has 88 valence electrons. The van der Waals surface area contributed by atoms with Gasteiger partial charge in [-0.05, 0) is 25.3 Å². The second kappa shape index (κ2) is 5.75. The number of rotatable bonds is 4. The van der Waals surface area contributed by atoms with E-state index in [4.69, 9.17) is 9.47 Å². The smallest absolute Gasteiger partial charge is 0.339 e. The number of thioether (sulfide) groups is 1. The zero-order chi connectivity index (χ0) is 12.1. The Morgan fingerprint density at radius 3 is 2.69 bits per heavy atom. The Balaban J connectivity index is 3.20. The van der Waals surface area contributed by atoms with Crippen molar-refractivity contribution in [2.24, 2.45) is 0 Å². The molecule has 0 radical (unpaired) electrons. The molecule has 1 aromatic rings. The molecule has 0 atom stereocenters. The van der Waals surface area contributed by atoms with Crippen LogP contribution in [0.2, 0.25) is 0 Å². The van der Waals surface area contributed by atoms with Gasteiger partial charge in [0.1, 0.15) is 0 Å². The Morgan fingerprint density at radius 2 is 2.19 bits per heavy atom. The summed E-state index contributed by atoms with van der Waals surface area (Å²) in [5, 5.41) is 0. The molecule has 0 fully saturated rings. The number of hydrogen-bond donors (Lipinski definition) is 0. The molecule has 0 saturated carbocycles. The normalized spacial score (nSPS) is 10.0. The second-order valence-corrected chi connectivity index (χ2v) is 3.70. The fourth-order valence-electron chi connectivity index (χ4n) is 1.26. The first-order chi connectivity index (χ1) is 7.65. The average Bonchev–Trinajstić information content (AvgIpc) is 2.28. The monoisotopic (exact) mass is 244 g/mol. The zero-order valence-corrected chi connectivity index (χ0v) is 10.2. The van der Waals surface area contributed by atoms with Gasteiger partial charge in [0.25, 0.3) is 0 Å². The van der Waals surface area contributed by atoms with Gasteiger partial charge in [-0.3, -0.25) is 0 Å². The van der Waals surface area contributed by atoms with Crippen molar-refractivity contribution in [2.75, 3.05) is 20.0 Å². The predicted molar refractivity (Wildman–Crippen MR) is 60.7 cm³/mol. The molecule has 1 aromatic carbocycles. The number of carbonyl (C=O) groups is 1. The third kappa shape index (κ3) is 2.47. The summed E-state index contributed by atoms with van der Waals surface area (Å²) >= 11 is 1.15. The van der Waals surface area contributed by atoms with Gasteiger partial charge in [0, 0.05) is 0 Å². The maximum Gasteiger partial charge on any atom is 0.339 e. The van der Waals surface area contributed by atoms with Gasteiger partial charge in [0.2, 0.25) is 0 Å². The summed E-state index contributed by atoms with van der Waals surface area (Å²) in [5.41, 5.74) is 0.229. The lowest BCUT2D eigenvalue weighted by atomic mass is 10.2. The number of hydrogen-bond acceptors (Lipinski definition) is 4. The van der Waals surface area contributed by atoms with Crippen molar-refractivity contribution in [1.82, 2.24) is 0 Å². The topological polar surface area (TPSA) is 35.5 Å². The Labute approximate surface area is 97.9 Å². The molecule has 0 spiro atoms. The van der Waals surface area contributed by atoms with Crippen LogP contribution in [0.3, 0.4) is 0 Å². The molecule has 0 N–H and O–H groups in total. The Hall–Kier alpha value is -1.23. The van der Waals surface area contributed by atoms with Crippen molar-refractivity contribution in [1.29, 1.82) is 0 Å². The predicted octanol–water partition coefficient (Wildman–Crippen LogP) is 2.73. The molecule has 0 aliphatic carbocycles. The quantitative estimate of drug-likeness (QED) is 0.602. The van der Waals surface area contributed by atoms with Crippen LogP contribution in [0.1, 0.15) is 17.3 Å². The number of carbonyl (C=O) groups excluding carboxylic acids is 1. The van der Waals surface area contributed by atoms with Gasteiger partial charge in [-0.15, -0.1) is 11.8 Å².